The van der Waals surface area contributed by atoms with Crippen molar-refractivity contribution in [3.63, 3.8) is 0 Å². The third-order valence-electron chi connectivity index (χ3n) is 3.01. The molecule has 1 saturated heterocycles. The molecule has 1 unspecified atom stereocenters. The average molecular weight is 217 g/mol. The van der Waals surface area contributed by atoms with Crippen LogP contribution in [-0.4, -0.2) is 36.5 Å². The van der Waals surface area contributed by atoms with Crippen molar-refractivity contribution in [2.45, 2.75) is 24.8 Å². The van der Waals surface area contributed by atoms with Crippen molar-refractivity contribution in [1.29, 1.82) is 0 Å². The molecule has 2 rings (SSSR count). The molecule has 80 valence electrons. The highest BCUT2D eigenvalue weighted by Crippen LogP contribution is 2.27. The lowest BCUT2D eigenvalue weighted by molar-refractivity contribution is -0.135. The number of halogens is 1. The molecule has 1 spiro atoms. The van der Waals surface area contributed by atoms with Gasteiger partial charge in [0, 0.05) is 13.6 Å². The van der Waals surface area contributed by atoms with E-state index in [1.807, 2.05) is 11.9 Å². The summed E-state index contributed by atoms with van der Waals surface area (Å²) in [6.45, 7) is 1.73. The molecule has 3 nitrogen and oxygen atoms in total. The van der Waals surface area contributed by atoms with Crippen molar-refractivity contribution in [3.8, 4) is 0 Å². The normalized spacial score (nSPS) is 31.8. The van der Waals surface area contributed by atoms with Crippen LogP contribution in [0.4, 0.5) is 0 Å². The molecule has 1 amide bonds. The highest BCUT2D eigenvalue weighted by molar-refractivity contribution is 5.87. The summed E-state index contributed by atoms with van der Waals surface area (Å²) in [6.07, 6.45) is 7.16. The maximum absolute atomic E-state index is 12.0. The molecular weight excluding hydrogens is 200 g/mol. The summed E-state index contributed by atoms with van der Waals surface area (Å²) >= 11 is 0. The van der Waals surface area contributed by atoms with Crippen LogP contribution in [-0.2, 0) is 4.79 Å². The van der Waals surface area contributed by atoms with E-state index in [0.29, 0.717) is 0 Å². The number of likely N-dealkylation sites (N-methyl/N-ethyl adjacent to an activating group) is 1. The largest absolute Gasteiger partial charge is 0.340 e. The maximum atomic E-state index is 12.0. The van der Waals surface area contributed by atoms with Gasteiger partial charge in [-0.1, -0.05) is 12.2 Å². The minimum absolute atomic E-state index is 0. The van der Waals surface area contributed by atoms with Gasteiger partial charge in [0.15, 0.2) is 0 Å². The minimum atomic E-state index is -0.262. The number of carbonyl (C=O) groups excluding carboxylic acids is 1. The monoisotopic (exact) mass is 216 g/mol. The summed E-state index contributed by atoms with van der Waals surface area (Å²) in [4.78, 5) is 13.8. The van der Waals surface area contributed by atoms with Crippen molar-refractivity contribution < 1.29 is 4.79 Å². The van der Waals surface area contributed by atoms with Crippen LogP contribution in [0.15, 0.2) is 12.2 Å². The van der Waals surface area contributed by atoms with Gasteiger partial charge < -0.3 is 10.2 Å². The number of hydrogen-bond acceptors (Lipinski definition) is 2. The van der Waals surface area contributed by atoms with Gasteiger partial charge in [-0.15, -0.1) is 12.4 Å². The molecular formula is C10H17ClN2O. The lowest BCUT2D eigenvalue weighted by Crippen LogP contribution is -2.52. The number of hydrogen-bond donors (Lipinski definition) is 1. The molecule has 2 heterocycles. The molecule has 2 aliphatic heterocycles. The average Bonchev–Trinajstić information content (AvgIpc) is 2.55. The lowest BCUT2D eigenvalue weighted by atomic mass is 9.92. The SMILES string of the molecule is CN1CC=CCC2(CCCN2)C1=O.Cl. The number of rotatable bonds is 0. The van der Waals surface area contributed by atoms with Gasteiger partial charge >= 0.3 is 0 Å². The Bertz CT molecular complexity index is 247. The highest BCUT2D eigenvalue weighted by atomic mass is 35.5. The fourth-order valence-electron chi connectivity index (χ4n) is 2.22. The van der Waals surface area contributed by atoms with E-state index in [0.717, 1.165) is 32.4 Å². The Morgan fingerprint density at radius 3 is 2.93 bits per heavy atom. The lowest BCUT2D eigenvalue weighted by Gasteiger charge is -2.29. The number of nitrogens with one attached hydrogen (secondary N) is 1. The summed E-state index contributed by atoms with van der Waals surface area (Å²) < 4.78 is 0. The van der Waals surface area contributed by atoms with Crippen LogP contribution in [0.1, 0.15) is 19.3 Å². The van der Waals surface area contributed by atoms with Crippen LogP contribution in [0.25, 0.3) is 0 Å². The van der Waals surface area contributed by atoms with Crippen LogP contribution < -0.4 is 5.32 Å². The Hall–Kier alpha value is -0.540. The predicted molar refractivity (Wildman–Crippen MR) is 58.6 cm³/mol. The molecule has 0 radical (unpaired) electrons. The third-order valence-corrected chi connectivity index (χ3v) is 3.01. The fourth-order valence-corrected chi connectivity index (χ4v) is 2.22. The Morgan fingerprint density at radius 1 is 1.50 bits per heavy atom. The van der Waals surface area contributed by atoms with E-state index >= 15 is 0 Å². The number of carbonyl (C=O) groups is 1. The van der Waals surface area contributed by atoms with E-state index in [-0.39, 0.29) is 23.9 Å². The van der Waals surface area contributed by atoms with Gasteiger partial charge in [0.05, 0.1) is 0 Å². The fraction of sp³-hybridized carbons (Fsp3) is 0.700. The molecule has 0 aliphatic carbocycles. The van der Waals surface area contributed by atoms with Gasteiger partial charge in [0.2, 0.25) is 5.91 Å². The quantitative estimate of drug-likeness (QED) is 0.612. The number of nitrogens with zero attached hydrogens (tertiary/aromatic N) is 1. The summed E-state index contributed by atoms with van der Waals surface area (Å²) in [7, 11) is 1.87. The molecule has 1 atom stereocenters. The molecule has 0 saturated carbocycles. The maximum Gasteiger partial charge on any atom is 0.243 e. The van der Waals surface area contributed by atoms with Crippen LogP contribution in [0.3, 0.4) is 0 Å². The molecule has 0 aromatic carbocycles. The molecule has 0 aromatic rings. The van der Waals surface area contributed by atoms with Crippen LogP contribution in [0, 0.1) is 0 Å². The first-order valence-corrected chi connectivity index (χ1v) is 4.90. The van der Waals surface area contributed by atoms with Crippen LogP contribution in [0.2, 0.25) is 0 Å². The molecule has 2 aliphatic rings. The Morgan fingerprint density at radius 2 is 2.29 bits per heavy atom. The van der Waals surface area contributed by atoms with Gasteiger partial charge in [-0.05, 0) is 25.8 Å². The van der Waals surface area contributed by atoms with Crippen LogP contribution in [0.5, 0.6) is 0 Å². The number of amides is 1. The third kappa shape index (κ3) is 1.79. The standard InChI is InChI=1S/C10H16N2O.ClH/c1-12-8-3-2-5-10(9(12)13)6-4-7-11-10;/h2-3,11H,4-8H2,1H3;1H. The predicted octanol–water partition coefficient (Wildman–Crippen LogP) is 0.949. The minimum Gasteiger partial charge on any atom is -0.340 e. The van der Waals surface area contributed by atoms with E-state index < -0.39 is 0 Å². The van der Waals surface area contributed by atoms with E-state index in [1.165, 1.54) is 0 Å². The zero-order valence-electron chi connectivity index (χ0n) is 8.45. The second-order valence-electron chi connectivity index (χ2n) is 3.97. The Labute approximate surface area is 90.9 Å². The first-order valence-electron chi connectivity index (χ1n) is 4.90. The first kappa shape index (κ1) is 11.5. The van der Waals surface area contributed by atoms with Crippen molar-refractivity contribution in [3.05, 3.63) is 12.2 Å². The summed E-state index contributed by atoms with van der Waals surface area (Å²) in [5, 5.41) is 3.35. The first-order chi connectivity index (χ1) is 6.25. The van der Waals surface area contributed by atoms with E-state index in [4.69, 9.17) is 0 Å². The van der Waals surface area contributed by atoms with Gasteiger partial charge in [0.25, 0.3) is 0 Å². The summed E-state index contributed by atoms with van der Waals surface area (Å²) in [5.74, 6) is 0.259. The molecule has 1 fully saturated rings. The summed E-state index contributed by atoms with van der Waals surface area (Å²) in [6, 6.07) is 0. The second kappa shape index (κ2) is 4.32. The van der Waals surface area contributed by atoms with Crippen molar-refractivity contribution in [2.24, 2.45) is 0 Å². The smallest absolute Gasteiger partial charge is 0.243 e. The van der Waals surface area contributed by atoms with Crippen LogP contribution >= 0.6 is 12.4 Å². The van der Waals surface area contributed by atoms with E-state index in [9.17, 15) is 4.79 Å². The van der Waals surface area contributed by atoms with Gasteiger partial charge in [-0.25, -0.2) is 0 Å². The van der Waals surface area contributed by atoms with Gasteiger partial charge in [0.1, 0.15) is 5.54 Å². The Balaban J connectivity index is 0.000000980. The van der Waals surface area contributed by atoms with E-state index in [2.05, 4.69) is 17.5 Å². The Kier molecular flexibility index (Phi) is 3.56. The second-order valence-corrected chi connectivity index (χ2v) is 3.97. The summed E-state index contributed by atoms with van der Waals surface area (Å²) in [5.41, 5.74) is -0.262. The molecule has 4 heteroatoms. The van der Waals surface area contributed by atoms with Gasteiger partial charge in [-0.2, -0.15) is 0 Å². The van der Waals surface area contributed by atoms with Crippen molar-refractivity contribution in [1.82, 2.24) is 10.2 Å². The van der Waals surface area contributed by atoms with Crippen molar-refractivity contribution in [2.75, 3.05) is 20.1 Å². The zero-order chi connectivity index (χ0) is 9.31. The molecule has 0 bridgehead atoms. The molecule has 1 N–H and O–H groups in total. The highest BCUT2D eigenvalue weighted by Gasteiger charge is 2.41. The van der Waals surface area contributed by atoms with E-state index in [1.54, 1.807) is 0 Å². The zero-order valence-corrected chi connectivity index (χ0v) is 9.27. The molecule has 14 heavy (non-hydrogen) atoms. The van der Waals surface area contributed by atoms with Gasteiger partial charge in [-0.3, -0.25) is 4.79 Å². The van der Waals surface area contributed by atoms with Crippen molar-refractivity contribution >= 4 is 18.3 Å². The topological polar surface area (TPSA) is 32.3 Å². The molecule has 0 aromatic heterocycles.